The van der Waals surface area contributed by atoms with Gasteiger partial charge in [-0.15, -0.1) is 0 Å². The van der Waals surface area contributed by atoms with E-state index in [1.807, 2.05) is 44.2 Å². The van der Waals surface area contributed by atoms with Gasteiger partial charge in [-0.3, -0.25) is 0 Å². The van der Waals surface area contributed by atoms with E-state index in [9.17, 15) is 4.79 Å². The largest absolute Gasteiger partial charge is 0.486 e. The molecule has 0 radical (unpaired) electrons. The molecule has 1 unspecified atom stereocenters. The fourth-order valence-electron chi connectivity index (χ4n) is 1.40. The van der Waals surface area contributed by atoms with Gasteiger partial charge in [0.15, 0.2) is 6.10 Å². The Balaban J connectivity index is 2.67. The maximum atomic E-state index is 11.3. The van der Waals surface area contributed by atoms with Gasteiger partial charge >= 0.3 is 5.97 Å². The molecule has 0 N–H and O–H groups in total. The first-order valence-electron chi connectivity index (χ1n) is 5.64. The Morgan fingerprint density at radius 1 is 1.35 bits per heavy atom. The van der Waals surface area contributed by atoms with Crippen LogP contribution in [0.3, 0.4) is 0 Å². The van der Waals surface area contributed by atoms with E-state index in [1.54, 1.807) is 6.26 Å². The number of methoxy groups -OCH3 is 1. The van der Waals surface area contributed by atoms with Crippen LogP contribution in [0.25, 0.3) is 5.57 Å². The number of esters is 1. The van der Waals surface area contributed by atoms with E-state index in [0.29, 0.717) is 6.42 Å². The fourth-order valence-corrected chi connectivity index (χ4v) is 1.40. The van der Waals surface area contributed by atoms with Crippen LogP contribution in [0.5, 0.6) is 0 Å². The van der Waals surface area contributed by atoms with Gasteiger partial charge in [0.1, 0.15) is 0 Å². The molecular weight excluding hydrogens is 216 g/mol. The Morgan fingerprint density at radius 2 is 2.00 bits per heavy atom. The van der Waals surface area contributed by atoms with Crippen LogP contribution in [-0.4, -0.2) is 19.2 Å². The first-order valence-corrected chi connectivity index (χ1v) is 5.64. The van der Waals surface area contributed by atoms with E-state index in [1.165, 1.54) is 7.11 Å². The lowest BCUT2D eigenvalue weighted by Crippen LogP contribution is -2.22. The SMILES string of the molecule is CCC(OC=C(C)c1ccccc1)C(=O)OC. The maximum absolute atomic E-state index is 11.3. The third-order valence-electron chi connectivity index (χ3n) is 2.47. The Hall–Kier alpha value is -1.77. The molecule has 92 valence electrons. The summed E-state index contributed by atoms with van der Waals surface area (Å²) in [6, 6.07) is 9.87. The van der Waals surface area contributed by atoms with Crippen molar-refractivity contribution in [2.75, 3.05) is 7.11 Å². The minimum absolute atomic E-state index is 0.343. The Bertz CT molecular complexity index is 382. The van der Waals surface area contributed by atoms with Gasteiger partial charge in [0, 0.05) is 0 Å². The summed E-state index contributed by atoms with van der Waals surface area (Å²) >= 11 is 0. The second kappa shape index (κ2) is 6.74. The molecule has 0 bridgehead atoms. The molecule has 0 heterocycles. The number of carbonyl (C=O) groups is 1. The third kappa shape index (κ3) is 3.94. The maximum Gasteiger partial charge on any atom is 0.347 e. The second-order valence-corrected chi connectivity index (χ2v) is 3.72. The van der Waals surface area contributed by atoms with Gasteiger partial charge in [0.05, 0.1) is 13.4 Å². The highest BCUT2D eigenvalue weighted by atomic mass is 16.6. The Kier molecular flexibility index (Phi) is 5.27. The molecular formula is C14H18O3. The van der Waals surface area contributed by atoms with Crippen LogP contribution in [0.4, 0.5) is 0 Å². The molecule has 0 saturated carbocycles. The smallest absolute Gasteiger partial charge is 0.347 e. The van der Waals surface area contributed by atoms with Crippen LogP contribution >= 0.6 is 0 Å². The predicted molar refractivity (Wildman–Crippen MR) is 67.3 cm³/mol. The predicted octanol–water partition coefficient (Wildman–Crippen LogP) is 3.02. The lowest BCUT2D eigenvalue weighted by atomic mass is 10.1. The molecule has 0 saturated heterocycles. The minimum Gasteiger partial charge on any atom is -0.486 e. The van der Waals surface area contributed by atoms with E-state index in [2.05, 4.69) is 4.74 Å². The summed E-state index contributed by atoms with van der Waals surface area (Å²) in [5.74, 6) is -0.343. The van der Waals surface area contributed by atoms with Crippen molar-refractivity contribution in [3.63, 3.8) is 0 Å². The second-order valence-electron chi connectivity index (χ2n) is 3.72. The van der Waals surface area contributed by atoms with E-state index in [4.69, 9.17) is 4.74 Å². The summed E-state index contributed by atoms with van der Waals surface area (Å²) in [7, 11) is 1.36. The van der Waals surface area contributed by atoms with E-state index >= 15 is 0 Å². The number of hydrogen-bond acceptors (Lipinski definition) is 3. The number of hydrogen-bond donors (Lipinski definition) is 0. The van der Waals surface area contributed by atoms with Gasteiger partial charge in [-0.25, -0.2) is 4.79 Å². The molecule has 0 aliphatic carbocycles. The molecule has 1 aromatic rings. The lowest BCUT2D eigenvalue weighted by Gasteiger charge is -2.12. The van der Waals surface area contributed by atoms with Crippen LogP contribution in [0.1, 0.15) is 25.8 Å². The van der Waals surface area contributed by atoms with Crippen molar-refractivity contribution in [1.29, 1.82) is 0 Å². The molecule has 0 spiro atoms. The molecule has 1 atom stereocenters. The van der Waals surface area contributed by atoms with Crippen molar-refractivity contribution in [1.82, 2.24) is 0 Å². The molecule has 0 aromatic heterocycles. The van der Waals surface area contributed by atoms with Crippen molar-refractivity contribution >= 4 is 11.5 Å². The average molecular weight is 234 g/mol. The summed E-state index contributed by atoms with van der Waals surface area (Å²) in [5, 5.41) is 0. The standard InChI is InChI=1S/C14H18O3/c1-4-13(14(15)16-3)17-10-11(2)12-8-6-5-7-9-12/h5-10,13H,4H2,1-3H3. The zero-order valence-corrected chi connectivity index (χ0v) is 10.5. The van der Waals surface area contributed by atoms with Crippen molar-refractivity contribution in [3.8, 4) is 0 Å². The zero-order valence-electron chi connectivity index (χ0n) is 10.5. The van der Waals surface area contributed by atoms with Crippen LogP contribution in [0.15, 0.2) is 36.6 Å². The molecule has 0 amide bonds. The van der Waals surface area contributed by atoms with Gasteiger partial charge in [-0.1, -0.05) is 37.3 Å². The number of allylic oxidation sites excluding steroid dienone is 1. The summed E-state index contributed by atoms with van der Waals surface area (Å²) < 4.78 is 10.1. The Morgan fingerprint density at radius 3 is 2.53 bits per heavy atom. The number of benzene rings is 1. The highest BCUT2D eigenvalue weighted by Gasteiger charge is 2.16. The number of ether oxygens (including phenoxy) is 2. The topological polar surface area (TPSA) is 35.5 Å². The monoisotopic (exact) mass is 234 g/mol. The molecule has 1 rings (SSSR count). The van der Waals surface area contributed by atoms with Gasteiger partial charge in [-0.2, -0.15) is 0 Å². The van der Waals surface area contributed by atoms with Gasteiger partial charge in [0.25, 0.3) is 0 Å². The van der Waals surface area contributed by atoms with Gasteiger partial charge in [-0.05, 0) is 24.5 Å². The Labute approximate surface area is 102 Å². The van der Waals surface area contributed by atoms with Crippen molar-refractivity contribution < 1.29 is 14.3 Å². The molecule has 3 nitrogen and oxygen atoms in total. The van der Waals surface area contributed by atoms with E-state index < -0.39 is 6.10 Å². The third-order valence-corrected chi connectivity index (χ3v) is 2.47. The summed E-state index contributed by atoms with van der Waals surface area (Å²) in [4.78, 5) is 11.3. The molecule has 3 heteroatoms. The molecule has 0 fully saturated rings. The minimum atomic E-state index is -0.529. The first kappa shape index (κ1) is 13.3. The highest BCUT2D eigenvalue weighted by molar-refractivity contribution is 5.74. The molecule has 17 heavy (non-hydrogen) atoms. The highest BCUT2D eigenvalue weighted by Crippen LogP contribution is 2.14. The van der Waals surface area contributed by atoms with Gasteiger partial charge < -0.3 is 9.47 Å². The fraction of sp³-hybridized carbons (Fsp3) is 0.357. The van der Waals surface area contributed by atoms with Crippen LogP contribution in [0, 0.1) is 0 Å². The lowest BCUT2D eigenvalue weighted by molar-refractivity contribution is -0.150. The average Bonchev–Trinajstić information content (AvgIpc) is 2.39. The van der Waals surface area contributed by atoms with Crippen LogP contribution in [0.2, 0.25) is 0 Å². The molecule has 0 aliphatic rings. The molecule has 0 aliphatic heterocycles. The summed E-state index contributed by atoms with van der Waals surface area (Å²) in [6.45, 7) is 3.83. The summed E-state index contributed by atoms with van der Waals surface area (Å²) in [6.07, 6.45) is 1.67. The zero-order chi connectivity index (χ0) is 12.7. The van der Waals surface area contributed by atoms with Crippen molar-refractivity contribution in [2.45, 2.75) is 26.4 Å². The quantitative estimate of drug-likeness (QED) is 0.580. The normalized spacial score (nSPS) is 13.0. The van der Waals surface area contributed by atoms with Gasteiger partial charge in [0.2, 0.25) is 0 Å². The van der Waals surface area contributed by atoms with E-state index in [0.717, 1.165) is 11.1 Å². The van der Waals surface area contributed by atoms with Crippen molar-refractivity contribution in [3.05, 3.63) is 42.2 Å². The number of rotatable bonds is 5. The van der Waals surface area contributed by atoms with Crippen molar-refractivity contribution in [2.24, 2.45) is 0 Å². The van der Waals surface area contributed by atoms with Crippen LogP contribution in [-0.2, 0) is 14.3 Å². The molecule has 1 aromatic carbocycles. The van der Waals surface area contributed by atoms with E-state index in [-0.39, 0.29) is 5.97 Å². The number of carbonyl (C=O) groups excluding carboxylic acids is 1. The summed E-state index contributed by atoms with van der Waals surface area (Å²) in [5.41, 5.74) is 2.06. The van der Waals surface area contributed by atoms with Crippen LogP contribution < -0.4 is 0 Å². The first-order chi connectivity index (χ1) is 8.19.